The van der Waals surface area contributed by atoms with Gasteiger partial charge in [0.15, 0.2) is 0 Å². The summed E-state index contributed by atoms with van der Waals surface area (Å²) in [7, 11) is 0. The molecule has 0 aromatic heterocycles. The van der Waals surface area contributed by atoms with Gasteiger partial charge in [0.1, 0.15) is 0 Å². The molecule has 0 spiro atoms. The molecule has 2 heterocycles. The van der Waals surface area contributed by atoms with Crippen molar-refractivity contribution in [2.24, 2.45) is 5.92 Å². The molecular weight excluding hydrogens is 178 g/mol. The fourth-order valence-electron chi connectivity index (χ4n) is 1.96. The average molecular weight is 197 g/mol. The van der Waals surface area contributed by atoms with E-state index in [0.29, 0.717) is 11.8 Å². The summed E-state index contributed by atoms with van der Waals surface area (Å²) in [6, 6.07) is 0. The molecule has 14 heavy (non-hydrogen) atoms. The van der Waals surface area contributed by atoms with Crippen LogP contribution in [-0.4, -0.2) is 50.1 Å². The SMILES string of the molecule is O=C(CC1CNC1)N1CCCNCC1. The second-order valence-electron chi connectivity index (χ2n) is 4.21. The summed E-state index contributed by atoms with van der Waals surface area (Å²) in [5.74, 6) is 0.943. The topological polar surface area (TPSA) is 44.4 Å². The Labute approximate surface area is 85.0 Å². The first-order chi connectivity index (χ1) is 6.86. The maximum atomic E-state index is 11.8. The first-order valence-corrected chi connectivity index (χ1v) is 5.55. The summed E-state index contributed by atoms with van der Waals surface area (Å²) >= 11 is 0. The van der Waals surface area contributed by atoms with Gasteiger partial charge in [0.05, 0.1) is 0 Å². The van der Waals surface area contributed by atoms with Crippen molar-refractivity contribution >= 4 is 5.91 Å². The van der Waals surface area contributed by atoms with Crippen molar-refractivity contribution in [2.45, 2.75) is 12.8 Å². The Morgan fingerprint density at radius 3 is 2.79 bits per heavy atom. The zero-order valence-electron chi connectivity index (χ0n) is 8.59. The van der Waals surface area contributed by atoms with Gasteiger partial charge in [0.2, 0.25) is 5.91 Å². The molecule has 2 N–H and O–H groups in total. The molecule has 2 saturated heterocycles. The number of amides is 1. The molecule has 80 valence electrons. The summed E-state index contributed by atoms with van der Waals surface area (Å²) in [5.41, 5.74) is 0. The zero-order chi connectivity index (χ0) is 9.80. The van der Waals surface area contributed by atoms with E-state index in [9.17, 15) is 4.79 Å². The van der Waals surface area contributed by atoms with Gasteiger partial charge in [-0.2, -0.15) is 0 Å². The van der Waals surface area contributed by atoms with Crippen molar-refractivity contribution in [3.8, 4) is 0 Å². The second kappa shape index (κ2) is 4.75. The molecule has 1 amide bonds. The Hall–Kier alpha value is -0.610. The lowest BCUT2D eigenvalue weighted by atomic mass is 9.98. The zero-order valence-corrected chi connectivity index (χ0v) is 8.59. The van der Waals surface area contributed by atoms with Crippen LogP contribution in [0, 0.1) is 5.92 Å². The maximum Gasteiger partial charge on any atom is 0.222 e. The van der Waals surface area contributed by atoms with Crippen LogP contribution in [0.2, 0.25) is 0 Å². The van der Waals surface area contributed by atoms with Crippen LogP contribution < -0.4 is 10.6 Å². The molecule has 4 heteroatoms. The highest BCUT2D eigenvalue weighted by molar-refractivity contribution is 5.76. The first kappa shape index (κ1) is 9.93. The van der Waals surface area contributed by atoms with E-state index in [1.807, 2.05) is 4.90 Å². The van der Waals surface area contributed by atoms with Crippen LogP contribution in [0.3, 0.4) is 0 Å². The predicted molar refractivity (Wildman–Crippen MR) is 55.0 cm³/mol. The molecule has 4 nitrogen and oxygen atoms in total. The van der Waals surface area contributed by atoms with Gasteiger partial charge in [-0.05, 0) is 32.0 Å². The van der Waals surface area contributed by atoms with Crippen LogP contribution in [0.25, 0.3) is 0 Å². The lowest BCUT2D eigenvalue weighted by molar-refractivity contribution is -0.132. The van der Waals surface area contributed by atoms with Gasteiger partial charge >= 0.3 is 0 Å². The maximum absolute atomic E-state index is 11.8. The summed E-state index contributed by atoms with van der Waals surface area (Å²) < 4.78 is 0. The molecule has 0 radical (unpaired) electrons. The van der Waals surface area contributed by atoms with Crippen molar-refractivity contribution in [1.29, 1.82) is 0 Å². The smallest absolute Gasteiger partial charge is 0.222 e. The number of rotatable bonds is 2. The van der Waals surface area contributed by atoms with E-state index in [1.165, 1.54) is 0 Å². The quantitative estimate of drug-likeness (QED) is 0.622. The third kappa shape index (κ3) is 2.45. The Balaban J connectivity index is 1.76. The van der Waals surface area contributed by atoms with Crippen molar-refractivity contribution in [2.75, 3.05) is 39.3 Å². The van der Waals surface area contributed by atoms with E-state index in [2.05, 4.69) is 10.6 Å². The van der Waals surface area contributed by atoms with Gasteiger partial charge < -0.3 is 15.5 Å². The number of hydrogen-bond donors (Lipinski definition) is 2. The van der Waals surface area contributed by atoms with Crippen molar-refractivity contribution in [3.63, 3.8) is 0 Å². The van der Waals surface area contributed by atoms with Crippen LogP contribution in [0.15, 0.2) is 0 Å². The normalized spacial score (nSPS) is 24.1. The van der Waals surface area contributed by atoms with Gasteiger partial charge in [-0.15, -0.1) is 0 Å². The highest BCUT2D eigenvalue weighted by atomic mass is 16.2. The third-order valence-corrected chi connectivity index (χ3v) is 3.02. The summed E-state index contributed by atoms with van der Waals surface area (Å²) in [5, 5.41) is 6.51. The number of carbonyl (C=O) groups excluding carboxylic acids is 1. The number of carbonyl (C=O) groups is 1. The van der Waals surface area contributed by atoms with E-state index in [-0.39, 0.29) is 0 Å². The largest absolute Gasteiger partial charge is 0.341 e. The molecule has 0 aromatic carbocycles. The summed E-state index contributed by atoms with van der Waals surface area (Å²) in [6.45, 7) is 5.88. The highest BCUT2D eigenvalue weighted by Crippen LogP contribution is 2.11. The fourth-order valence-corrected chi connectivity index (χ4v) is 1.96. The van der Waals surface area contributed by atoms with Gasteiger partial charge in [-0.1, -0.05) is 0 Å². The number of nitrogens with one attached hydrogen (secondary N) is 2. The molecule has 2 aliphatic rings. The van der Waals surface area contributed by atoms with Gasteiger partial charge in [0.25, 0.3) is 0 Å². The van der Waals surface area contributed by atoms with E-state index < -0.39 is 0 Å². The van der Waals surface area contributed by atoms with E-state index in [0.717, 1.165) is 52.1 Å². The molecule has 0 atom stereocenters. The van der Waals surface area contributed by atoms with Crippen LogP contribution in [-0.2, 0) is 4.79 Å². The van der Waals surface area contributed by atoms with E-state index in [4.69, 9.17) is 0 Å². The van der Waals surface area contributed by atoms with Crippen LogP contribution >= 0.6 is 0 Å². The minimum atomic E-state index is 0.347. The average Bonchev–Trinajstić information content (AvgIpc) is 2.38. The van der Waals surface area contributed by atoms with Gasteiger partial charge in [-0.25, -0.2) is 0 Å². The Kier molecular flexibility index (Phi) is 3.37. The lowest BCUT2D eigenvalue weighted by Gasteiger charge is -2.29. The van der Waals surface area contributed by atoms with Crippen LogP contribution in [0.4, 0.5) is 0 Å². The second-order valence-corrected chi connectivity index (χ2v) is 4.21. The van der Waals surface area contributed by atoms with Gasteiger partial charge in [0, 0.05) is 26.1 Å². The van der Waals surface area contributed by atoms with Gasteiger partial charge in [-0.3, -0.25) is 4.79 Å². The summed E-state index contributed by atoms with van der Waals surface area (Å²) in [4.78, 5) is 13.8. The van der Waals surface area contributed by atoms with E-state index >= 15 is 0 Å². The standard InChI is InChI=1S/C10H19N3O/c14-10(6-9-7-12-8-9)13-4-1-2-11-3-5-13/h9,11-12H,1-8H2. The Morgan fingerprint density at radius 1 is 1.21 bits per heavy atom. The molecule has 2 aliphatic heterocycles. The molecule has 0 aromatic rings. The molecule has 2 fully saturated rings. The number of nitrogens with zero attached hydrogens (tertiary/aromatic N) is 1. The third-order valence-electron chi connectivity index (χ3n) is 3.02. The molecular formula is C10H19N3O. The molecule has 2 rings (SSSR count). The predicted octanol–water partition coefficient (Wildman–Crippen LogP) is -0.582. The molecule has 0 bridgehead atoms. The lowest BCUT2D eigenvalue weighted by Crippen LogP contribution is -2.45. The van der Waals surface area contributed by atoms with Crippen molar-refractivity contribution in [1.82, 2.24) is 15.5 Å². The molecule has 0 unspecified atom stereocenters. The monoisotopic (exact) mass is 197 g/mol. The highest BCUT2D eigenvalue weighted by Gasteiger charge is 2.23. The van der Waals surface area contributed by atoms with Crippen LogP contribution in [0.5, 0.6) is 0 Å². The van der Waals surface area contributed by atoms with Crippen molar-refractivity contribution in [3.05, 3.63) is 0 Å². The Morgan fingerprint density at radius 2 is 2.07 bits per heavy atom. The minimum Gasteiger partial charge on any atom is -0.341 e. The molecule has 0 aliphatic carbocycles. The van der Waals surface area contributed by atoms with E-state index in [1.54, 1.807) is 0 Å². The Bertz CT molecular complexity index is 196. The van der Waals surface area contributed by atoms with Crippen molar-refractivity contribution < 1.29 is 4.79 Å². The molecule has 0 saturated carbocycles. The fraction of sp³-hybridized carbons (Fsp3) is 0.900. The summed E-state index contributed by atoms with van der Waals surface area (Å²) in [6.07, 6.45) is 1.83. The minimum absolute atomic E-state index is 0.347. The first-order valence-electron chi connectivity index (χ1n) is 5.55. The van der Waals surface area contributed by atoms with Crippen LogP contribution in [0.1, 0.15) is 12.8 Å². The number of hydrogen-bond acceptors (Lipinski definition) is 3.